The molecule has 3 aliphatic rings. The number of hydrogen-bond acceptors (Lipinski definition) is 8. The largest absolute Gasteiger partial charge is 0.461 e. The van der Waals surface area contributed by atoms with Crippen molar-refractivity contribution in [3.05, 3.63) is 49.6 Å². The number of aromatic nitrogens is 3. The molecule has 208 valence electrons. The SMILES string of the molecule is C=CCOC(=O)[C@H]1[C@@H]2SC3(CC2Br)C(C(=O)N(CC=C)Cn2nnc4ccccc42)N(CCCCO)C(=O)[C@H]13. The van der Waals surface area contributed by atoms with Crippen LogP contribution in [0, 0.1) is 11.8 Å². The number of nitrogens with zero attached hydrogens (tertiary/aromatic N) is 5. The van der Waals surface area contributed by atoms with Gasteiger partial charge in [-0.25, -0.2) is 4.68 Å². The Labute approximate surface area is 239 Å². The molecule has 1 aromatic heterocycles. The molecule has 0 aliphatic carbocycles. The van der Waals surface area contributed by atoms with E-state index in [0.29, 0.717) is 25.8 Å². The number of amides is 2. The number of fused-ring (bicyclic) bond motifs is 2. The third-order valence-corrected chi connectivity index (χ3v) is 11.1. The summed E-state index contributed by atoms with van der Waals surface area (Å²) in [5, 5.41) is 17.7. The third-order valence-electron chi connectivity index (χ3n) is 7.83. The molecule has 3 aliphatic heterocycles. The zero-order valence-corrected chi connectivity index (χ0v) is 23.9. The maximum absolute atomic E-state index is 14.5. The Kier molecular flexibility index (Phi) is 8.16. The summed E-state index contributed by atoms with van der Waals surface area (Å²) in [4.78, 5) is 45.0. The number of para-hydroxylation sites is 1. The molecule has 3 saturated heterocycles. The predicted octanol–water partition coefficient (Wildman–Crippen LogP) is 2.37. The van der Waals surface area contributed by atoms with Crippen LogP contribution in [-0.2, 0) is 25.8 Å². The number of aliphatic hydroxyl groups is 1. The van der Waals surface area contributed by atoms with Crippen LogP contribution in [-0.4, -0.2) is 94.9 Å². The standard InChI is InChI=1S/C27H32BrN5O5S/c1-3-11-31(16-33-19-10-6-5-9-18(19)29-30-33)25(36)23-27-15-17(28)22(39-27)20(26(37)38-14-4-2)21(27)24(35)32(23)12-7-8-13-34/h3-6,9-10,17,20-23,34H,1-2,7-8,11-16H2/t17?,20-,21+,22-,23?,27?/m1/s1. The van der Waals surface area contributed by atoms with E-state index < -0.39 is 28.6 Å². The van der Waals surface area contributed by atoms with Gasteiger partial charge in [-0.3, -0.25) is 14.4 Å². The fourth-order valence-corrected chi connectivity index (χ4v) is 9.87. The molecule has 2 aromatic rings. The van der Waals surface area contributed by atoms with Gasteiger partial charge < -0.3 is 19.6 Å². The molecule has 6 atom stereocenters. The van der Waals surface area contributed by atoms with Gasteiger partial charge in [0, 0.05) is 29.8 Å². The number of aliphatic hydroxyl groups excluding tert-OH is 1. The van der Waals surface area contributed by atoms with Gasteiger partial charge in [0.15, 0.2) is 0 Å². The molecule has 10 nitrogen and oxygen atoms in total. The molecule has 12 heteroatoms. The van der Waals surface area contributed by atoms with Crippen molar-refractivity contribution < 1.29 is 24.2 Å². The van der Waals surface area contributed by atoms with Crippen molar-refractivity contribution in [2.75, 3.05) is 26.3 Å². The minimum atomic E-state index is -0.784. The molecule has 5 rings (SSSR count). The second-order valence-corrected chi connectivity index (χ2v) is 12.8. The first kappa shape index (κ1) is 27.9. The van der Waals surface area contributed by atoms with Crippen molar-refractivity contribution in [1.29, 1.82) is 0 Å². The lowest BCUT2D eigenvalue weighted by Gasteiger charge is -2.37. The second-order valence-electron chi connectivity index (χ2n) is 10.1. The van der Waals surface area contributed by atoms with E-state index in [4.69, 9.17) is 4.74 Å². The number of halogens is 1. The summed E-state index contributed by atoms with van der Waals surface area (Å²) in [6.07, 6.45) is 4.78. The summed E-state index contributed by atoms with van der Waals surface area (Å²) in [5.74, 6) is -2.18. The fourth-order valence-electron chi connectivity index (χ4n) is 6.28. The quantitative estimate of drug-likeness (QED) is 0.167. The lowest BCUT2D eigenvalue weighted by Crippen LogP contribution is -2.55. The van der Waals surface area contributed by atoms with Crippen molar-refractivity contribution in [3.8, 4) is 0 Å². The van der Waals surface area contributed by atoms with Crippen LogP contribution in [0.15, 0.2) is 49.6 Å². The number of unbranched alkanes of at least 4 members (excludes halogenated alkanes) is 1. The Morgan fingerprint density at radius 3 is 2.82 bits per heavy atom. The van der Waals surface area contributed by atoms with Gasteiger partial charge in [-0.05, 0) is 31.4 Å². The van der Waals surface area contributed by atoms with Crippen molar-refractivity contribution >= 4 is 56.5 Å². The number of thioether (sulfide) groups is 1. The molecule has 1 aromatic carbocycles. The summed E-state index contributed by atoms with van der Waals surface area (Å²) in [6, 6.07) is 6.73. The van der Waals surface area contributed by atoms with Gasteiger partial charge in [0.05, 0.1) is 22.1 Å². The van der Waals surface area contributed by atoms with E-state index in [-0.39, 0.29) is 48.3 Å². The van der Waals surface area contributed by atoms with Crippen LogP contribution in [0.4, 0.5) is 0 Å². The Balaban J connectivity index is 1.51. The Bertz CT molecular complexity index is 1290. The van der Waals surface area contributed by atoms with Crippen LogP contribution in [0.5, 0.6) is 0 Å². The molecule has 2 amide bonds. The van der Waals surface area contributed by atoms with E-state index >= 15 is 0 Å². The number of esters is 1. The predicted molar refractivity (Wildman–Crippen MR) is 151 cm³/mol. The fraction of sp³-hybridized carbons (Fsp3) is 0.519. The lowest BCUT2D eigenvalue weighted by molar-refractivity contribution is -0.153. The molecule has 1 N–H and O–H groups in total. The second kappa shape index (κ2) is 11.4. The highest BCUT2D eigenvalue weighted by Gasteiger charge is 2.76. The highest BCUT2D eigenvalue weighted by Crippen LogP contribution is 2.68. The van der Waals surface area contributed by atoms with E-state index in [1.807, 2.05) is 24.3 Å². The maximum Gasteiger partial charge on any atom is 0.311 e. The average Bonchev–Trinajstić information content (AvgIpc) is 3.64. The van der Waals surface area contributed by atoms with Crippen molar-refractivity contribution in [3.63, 3.8) is 0 Å². The van der Waals surface area contributed by atoms with Crippen molar-refractivity contribution in [2.24, 2.45) is 11.8 Å². The number of hydrogen-bond donors (Lipinski definition) is 1. The van der Waals surface area contributed by atoms with Crippen LogP contribution in [0.2, 0.25) is 0 Å². The van der Waals surface area contributed by atoms with Crippen LogP contribution < -0.4 is 0 Å². The molecule has 2 bridgehead atoms. The number of rotatable bonds is 12. The van der Waals surface area contributed by atoms with Crippen LogP contribution >= 0.6 is 27.7 Å². The Morgan fingerprint density at radius 2 is 2.08 bits per heavy atom. The zero-order valence-electron chi connectivity index (χ0n) is 21.5. The smallest absolute Gasteiger partial charge is 0.311 e. The lowest BCUT2D eigenvalue weighted by atomic mass is 9.71. The van der Waals surface area contributed by atoms with E-state index in [0.717, 1.165) is 11.0 Å². The number of ether oxygens (including phenoxy) is 1. The van der Waals surface area contributed by atoms with Crippen LogP contribution in [0.1, 0.15) is 19.3 Å². The van der Waals surface area contributed by atoms with Crippen molar-refractivity contribution in [1.82, 2.24) is 24.8 Å². The van der Waals surface area contributed by atoms with Gasteiger partial charge in [0.25, 0.3) is 0 Å². The first-order chi connectivity index (χ1) is 18.9. The molecule has 3 unspecified atom stereocenters. The van der Waals surface area contributed by atoms with E-state index in [2.05, 4.69) is 39.4 Å². The highest BCUT2D eigenvalue weighted by atomic mass is 79.9. The summed E-state index contributed by atoms with van der Waals surface area (Å²) in [6.45, 7) is 8.23. The van der Waals surface area contributed by atoms with Crippen molar-refractivity contribution in [2.45, 2.75) is 46.8 Å². The van der Waals surface area contributed by atoms with Crippen LogP contribution in [0.3, 0.4) is 0 Å². The maximum atomic E-state index is 14.5. The summed E-state index contributed by atoms with van der Waals surface area (Å²) < 4.78 is 6.32. The number of carbonyl (C=O) groups is 3. The molecular weight excluding hydrogens is 586 g/mol. The first-order valence-electron chi connectivity index (χ1n) is 13.1. The summed E-state index contributed by atoms with van der Waals surface area (Å²) in [5.41, 5.74) is 1.51. The van der Waals surface area contributed by atoms with Gasteiger partial charge >= 0.3 is 5.97 Å². The molecule has 0 saturated carbocycles. The molecule has 4 heterocycles. The average molecular weight is 619 g/mol. The molecule has 0 radical (unpaired) electrons. The molecule has 39 heavy (non-hydrogen) atoms. The van der Waals surface area contributed by atoms with E-state index in [9.17, 15) is 19.5 Å². The molecule has 1 spiro atoms. The van der Waals surface area contributed by atoms with E-state index in [1.54, 1.807) is 32.3 Å². The number of likely N-dealkylation sites (tertiary alicyclic amines) is 1. The van der Waals surface area contributed by atoms with Gasteiger partial charge in [0.1, 0.15) is 24.8 Å². The first-order valence-corrected chi connectivity index (χ1v) is 14.9. The van der Waals surface area contributed by atoms with Gasteiger partial charge in [-0.15, -0.1) is 23.4 Å². The van der Waals surface area contributed by atoms with Gasteiger partial charge in [-0.2, -0.15) is 0 Å². The normalized spacial score (nSPS) is 29.0. The number of benzene rings is 1. The summed E-state index contributed by atoms with van der Waals surface area (Å²) >= 11 is 5.32. The summed E-state index contributed by atoms with van der Waals surface area (Å²) in [7, 11) is 0. The van der Waals surface area contributed by atoms with Gasteiger partial charge in [0.2, 0.25) is 11.8 Å². The van der Waals surface area contributed by atoms with Crippen LogP contribution in [0.25, 0.3) is 11.0 Å². The topological polar surface area (TPSA) is 118 Å². The Hall–Kier alpha value is -2.70. The Morgan fingerprint density at radius 1 is 1.28 bits per heavy atom. The monoisotopic (exact) mass is 617 g/mol. The molecule has 3 fully saturated rings. The highest BCUT2D eigenvalue weighted by molar-refractivity contribution is 9.09. The minimum absolute atomic E-state index is 0.00597. The minimum Gasteiger partial charge on any atom is -0.461 e. The number of carbonyl (C=O) groups excluding carboxylic acids is 3. The van der Waals surface area contributed by atoms with Gasteiger partial charge in [-0.1, -0.05) is 52.0 Å². The zero-order chi connectivity index (χ0) is 27.7. The third kappa shape index (κ3) is 4.70. The number of alkyl halides is 1. The van der Waals surface area contributed by atoms with E-state index in [1.165, 1.54) is 6.08 Å². The molecular formula is C27H32BrN5O5S.